The minimum absolute atomic E-state index is 0.135. The minimum Gasteiger partial charge on any atom is -0.308 e. The van der Waals surface area contributed by atoms with Crippen LogP contribution in [0.2, 0.25) is 5.02 Å². The van der Waals surface area contributed by atoms with Crippen molar-refractivity contribution in [3.63, 3.8) is 0 Å². The van der Waals surface area contributed by atoms with Gasteiger partial charge in [0.15, 0.2) is 0 Å². The summed E-state index contributed by atoms with van der Waals surface area (Å²) >= 11 is 6.00. The second-order valence-corrected chi connectivity index (χ2v) is 8.79. The molecule has 1 aliphatic rings. The van der Waals surface area contributed by atoms with E-state index in [-0.39, 0.29) is 16.8 Å². The largest absolute Gasteiger partial charge is 0.308 e. The van der Waals surface area contributed by atoms with Crippen LogP contribution in [0, 0.1) is 0 Å². The number of rotatable bonds is 4. The van der Waals surface area contributed by atoms with E-state index in [2.05, 4.69) is 4.72 Å². The van der Waals surface area contributed by atoms with Gasteiger partial charge in [-0.25, -0.2) is 13.1 Å². The molecule has 7 heteroatoms. The number of benzene rings is 2. The van der Waals surface area contributed by atoms with Crippen LogP contribution in [0.25, 0.3) is 0 Å². The van der Waals surface area contributed by atoms with Crippen molar-refractivity contribution in [2.45, 2.75) is 37.6 Å². The van der Waals surface area contributed by atoms with Gasteiger partial charge >= 0.3 is 0 Å². The summed E-state index contributed by atoms with van der Waals surface area (Å²) in [5.41, 5.74) is 2.13. The summed E-state index contributed by atoms with van der Waals surface area (Å²) in [6.45, 7) is 4.15. The summed E-state index contributed by atoms with van der Waals surface area (Å²) in [7, 11) is -3.56. The van der Waals surface area contributed by atoms with Crippen LogP contribution in [0.4, 0.5) is 5.69 Å². The van der Waals surface area contributed by atoms with Gasteiger partial charge in [-0.05, 0) is 68.7 Å². The van der Waals surface area contributed by atoms with Gasteiger partial charge in [0.1, 0.15) is 0 Å². The quantitative estimate of drug-likeness (QED) is 0.864. The summed E-state index contributed by atoms with van der Waals surface area (Å²) in [5, 5.41) is 0.509. The number of halogens is 1. The van der Waals surface area contributed by atoms with Crippen LogP contribution in [-0.2, 0) is 16.4 Å². The zero-order valence-corrected chi connectivity index (χ0v) is 16.3. The van der Waals surface area contributed by atoms with Crippen molar-refractivity contribution in [2.24, 2.45) is 0 Å². The third kappa shape index (κ3) is 3.92. The van der Waals surface area contributed by atoms with Crippen molar-refractivity contribution in [1.29, 1.82) is 0 Å². The Kier molecular flexibility index (Phi) is 5.37. The van der Waals surface area contributed by atoms with E-state index in [1.54, 1.807) is 61.2 Å². The number of fused-ring (bicyclic) bond motifs is 1. The van der Waals surface area contributed by atoms with Crippen LogP contribution < -0.4 is 9.62 Å². The predicted octanol–water partition coefficient (Wildman–Crippen LogP) is 3.62. The van der Waals surface area contributed by atoms with Crippen molar-refractivity contribution in [2.75, 3.05) is 11.4 Å². The molecule has 1 heterocycles. The van der Waals surface area contributed by atoms with Gasteiger partial charge in [0.2, 0.25) is 10.0 Å². The number of aryl methyl sites for hydroxylation is 1. The Balaban J connectivity index is 1.95. The van der Waals surface area contributed by atoms with E-state index in [1.165, 1.54) is 0 Å². The molecule has 26 heavy (non-hydrogen) atoms. The van der Waals surface area contributed by atoms with Gasteiger partial charge in [0.05, 0.1) is 4.90 Å². The molecule has 5 nitrogen and oxygen atoms in total. The molecule has 0 saturated carbocycles. The third-order valence-corrected chi connectivity index (χ3v) is 6.08. The molecule has 0 bridgehead atoms. The van der Waals surface area contributed by atoms with Crippen LogP contribution >= 0.6 is 11.6 Å². The molecule has 2 aromatic carbocycles. The fourth-order valence-electron chi connectivity index (χ4n) is 3.11. The monoisotopic (exact) mass is 392 g/mol. The van der Waals surface area contributed by atoms with E-state index in [9.17, 15) is 13.2 Å². The molecule has 0 aliphatic carbocycles. The zero-order chi connectivity index (χ0) is 18.9. The Morgan fingerprint density at radius 1 is 1.19 bits per heavy atom. The lowest BCUT2D eigenvalue weighted by molar-refractivity contribution is 0.0985. The second-order valence-electron chi connectivity index (χ2n) is 6.64. The lowest BCUT2D eigenvalue weighted by atomic mass is 10.0. The highest BCUT2D eigenvalue weighted by Crippen LogP contribution is 2.31. The second kappa shape index (κ2) is 7.39. The Morgan fingerprint density at radius 3 is 2.65 bits per heavy atom. The minimum atomic E-state index is -3.56. The molecular formula is C19H21ClN2O3S. The topological polar surface area (TPSA) is 66.5 Å². The van der Waals surface area contributed by atoms with Gasteiger partial charge in [-0.15, -0.1) is 0 Å². The molecule has 0 unspecified atom stereocenters. The number of hydrogen-bond acceptors (Lipinski definition) is 3. The van der Waals surface area contributed by atoms with Crippen molar-refractivity contribution >= 4 is 33.2 Å². The van der Waals surface area contributed by atoms with Crippen LogP contribution in [0.15, 0.2) is 47.4 Å². The molecule has 2 aromatic rings. The van der Waals surface area contributed by atoms with Gasteiger partial charge in [-0.2, -0.15) is 0 Å². The maximum absolute atomic E-state index is 12.9. The van der Waals surface area contributed by atoms with Crippen molar-refractivity contribution < 1.29 is 13.2 Å². The van der Waals surface area contributed by atoms with Gasteiger partial charge < -0.3 is 4.90 Å². The van der Waals surface area contributed by atoms with Crippen LogP contribution in [0.1, 0.15) is 36.2 Å². The lowest BCUT2D eigenvalue weighted by Gasteiger charge is -2.30. The normalized spacial score (nSPS) is 14.4. The Morgan fingerprint density at radius 2 is 1.96 bits per heavy atom. The highest BCUT2D eigenvalue weighted by molar-refractivity contribution is 7.89. The highest BCUT2D eigenvalue weighted by Gasteiger charge is 2.26. The molecule has 0 spiro atoms. The Hall–Kier alpha value is -1.89. The van der Waals surface area contributed by atoms with E-state index < -0.39 is 10.0 Å². The van der Waals surface area contributed by atoms with Crippen molar-refractivity contribution in [3.8, 4) is 0 Å². The number of anilines is 1. The first-order valence-electron chi connectivity index (χ1n) is 8.50. The molecular weight excluding hydrogens is 372 g/mol. The maximum Gasteiger partial charge on any atom is 0.258 e. The average Bonchev–Trinajstić information content (AvgIpc) is 2.59. The molecule has 138 valence electrons. The molecule has 3 rings (SSSR count). The predicted molar refractivity (Wildman–Crippen MR) is 103 cm³/mol. The Bertz CT molecular complexity index is 942. The van der Waals surface area contributed by atoms with Crippen LogP contribution in [0.3, 0.4) is 0 Å². The van der Waals surface area contributed by atoms with Gasteiger partial charge in [-0.1, -0.05) is 17.7 Å². The maximum atomic E-state index is 12.9. The number of carbonyl (C=O) groups is 1. The third-order valence-electron chi connectivity index (χ3n) is 4.19. The molecule has 0 saturated heterocycles. The van der Waals surface area contributed by atoms with E-state index in [0.29, 0.717) is 17.1 Å². The summed E-state index contributed by atoms with van der Waals surface area (Å²) in [6.07, 6.45) is 1.51. The number of hydrogen-bond donors (Lipinski definition) is 1. The molecule has 0 atom stereocenters. The Labute approximate surface area is 159 Å². The van der Waals surface area contributed by atoms with Gasteiger partial charge in [0, 0.05) is 28.9 Å². The smallest absolute Gasteiger partial charge is 0.258 e. The van der Waals surface area contributed by atoms with E-state index >= 15 is 0 Å². The van der Waals surface area contributed by atoms with Crippen LogP contribution in [0.5, 0.6) is 0 Å². The highest BCUT2D eigenvalue weighted by atomic mass is 35.5. The van der Waals surface area contributed by atoms with Crippen molar-refractivity contribution in [3.05, 3.63) is 58.6 Å². The lowest BCUT2D eigenvalue weighted by Crippen LogP contribution is -2.36. The standard InChI is InChI=1S/C19H21ClN2O3S/c1-13(2)21-26(24,25)17-8-9-18-14(12-17)6-4-10-22(18)19(23)15-5-3-7-16(20)11-15/h3,5,7-9,11-13,21H,4,6,10H2,1-2H3. The van der Waals surface area contributed by atoms with E-state index in [4.69, 9.17) is 11.6 Å². The molecule has 1 amide bonds. The van der Waals surface area contributed by atoms with Crippen molar-refractivity contribution in [1.82, 2.24) is 4.72 Å². The molecule has 1 aliphatic heterocycles. The first-order chi connectivity index (χ1) is 12.3. The van der Waals surface area contributed by atoms with Gasteiger partial charge in [0.25, 0.3) is 5.91 Å². The molecule has 0 aromatic heterocycles. The summed E-state index contributed by atoms with van der Waals surface area (Å²) in [6, 6.07) is 11.6. The number of nitrogens with one attached hydrogen (secondary N) is 1. The number of amides is 1. The first-order valence-corrected chi connectivity index (χ1v) is 10.4. The number of nitrogens with zero attached hydrogens (tertiary/aromatic N) is 1. The molecule has 1 N–H and O–H groups in total. The number of sulfonamides is 1. The number of carbonyl (C=O) groups excluding carboxylic acids is 1. The summed E-state index contributed by atoms with van der Waals surface area (Å²) in [5.74, 6) is -0.135. The fraction of sp³-hybridized carbons (Fsp3) is 0.316. The van der Waals surface area contributed by atoms with Crippen LogP contribution in [-0.4, -0.2) is 26.9 Å². The fourth-order valence-corrected chi connectivity index (χ4v) is 4.60. The van der Waals surface area contributed by atoms with E-state index in [0.717, 1.165) is 24.1 Å². The zero-order valence-electron chi connectivity index (χ0n) is 14.7. The van der Waals surface area contributed by atoms with E-state index in [1.807, 2.05) is 0 Å². The summed E-state index contributed by atoms with van der Waals surface area (Å²) < 4.78 is 27.4. The average molecular weight is 393 g/mol. The SMILES string of the molecule is CC(C)NS(=O)(=O)c1ccc2c(c1)CCCN2C(=O)c1cccc(Cl)c1. The molecule has 0 fully saturated rings. The summed E-state index contributed by atoms with van der Waals surface area (Å²) in [4.78, 5) is 14.8. The first kappa shape index (κ1) is 18.9. The van der Waals surface area contributed by atoms with Gasteiger partial charge in [-0.3, -0.25) is 4.79 Å². The molecule has 0 radical (unpaired) electrons.